The van der Waals surface area contributed by atoms with Gasteiger partial charge in [0.15, 0.2) is 5.79 Å². The van der Waals surface area contributed by atoms with E-state index in [4.69, 9.17) is 15.2 Å². The third kappa shape index (κ3) is 2.17. The van der Waals surface area contributed by atoms with E-state index in [1.54, 1.807) is 0 Å². The second-order valence-electron chi connectivity index (χ2n) is 3.46. The van der Waals surface area contributed by atoms with Crippen molar-refractivity contribution in [1.29, 1.82) is 0 Å². The van der Waals surface area contributed by atoms with E-state index in [-0.39, 0.29) is 12.3 Å². The minimum Gasteiger partial charge on any atom is -0.343 e. The molecule has 0 aromatic carbocycles. The highest BCUT2D eigenvalue weighted by molar-refractivity contribution is 4.78. The number of hydrogen-bond donors (Lipinski definition) is 2. The van der Waals surface area contributed by atoms with Crippen LogP contribution in [0, 0.1) is 0 Å². The van der Waals surface area contributed by atoms with Crippen LogP contribution in [0.3, 0.4) is 0 Å². The molecule has 0 amide bonds. The minimum absolute atomic E-state index is 0.0245. The summed E-state index contributed by atoms with van der Waals surface area (Å²) >= 11 is 0. The summed E-state index contributed by atoms with van der Waals surface area (Å²) < 4.78 is 11.2. The lowest BCUT2D eigenvalue weighted by atomic mass is 10.2. The second kappa shape index (κ2) is 3.70. The quantitative estimate of drug-likeness (QED) is 0.634. The van der Waals surface area contributed by atoms with Crippen LogP contribution in [0.4, 0.5) is 0 Å². The van der Waals surface area contributed by atoms with Crippen LogP contribution in [0.15, 0.2) is 0 Å². The largest absolute Gasteiger partial charge is 0.343 e. The van der Waals surface area contributed by atoms with E-state index < -0.39 is 5.79 Å². The van der Waals surface area contributed by atoms with Crippen molar-refractivity contribution in [2.24, 2.45) is 5.73 Å². The zero-order chi connectivity index (χ0) is 9.19. The molecule has 72 valence electrons. The van der Waals surface area contributed by atoms with Crippen molar-refractivity contribution < 1.29 is 9.47 Å². The average molecular weight is 174 g/mol. The minimum atomic E-state index is -0.479. The van der Waals surface area contributed by atoms with Crippen LogP contribution >= 0.6 is 0 Å². The Kier molecular flexibility index (Phi) is 3.06. The molecule has 2 atom stereocenters. The molecule has 0 aromatic rings. The maximum Gasteiger partial charge on any atom is 0.165 e. The van der Waals surface area contributed by atoms with Crippen LogP contribution in [0.25, 0.3) is 0 Å². The summed E-state index contributed by atoms with van der Waals surface area (Å²) in [5.41, 5.74) is 5.45. The Morgan fingerprint density at radius 3 is 2.58 bits per heavy atom. The Labute approximate surface area is 73.4 Å². The molecular weight excluding hydrogens is 156 g/mol. The number of nitrogens with two attached hydrogens (primary N) is 1. The molecule has 1 saturated heterocycles. The van der Waals surface area contributed by atoms with E-state index in [2.05, 4.69) is 5.32 Å². The number of likely N-dealkylation sites (N-methyl/N-ethyl adjacent to an activating group) is 1. The van der Waals surface area contributed by atoms with Crippen molar-refractivity contribution in [2.75, 3.05) is 13.6 Å². The lowest BCUT2D eigenvalue weighted by Crippen LogP contribution is -2.36. The first-order chi connectivity index (χ1) is 5.59. The molecular formula is C8H18N2O2. The topological polar surface area (TPSA) is 56.5 Å². The van der Waals surface area contributed by atoms with E-state index >= 15 is 0 Å². The highest BCUT2D eigenvalue weighted by Gasteiger charge is 2.39. The van der Waals surface area contributed by atoms with Gasteiger partial charge in [0, 0.05) is 0 Å². The van der Waals surface area contributed by atoms with Gasteiger partial charge in [-0.1, -0.05) is 0 Å². The van der Waals surface area contributed by atoms with Crippen LogP contribution < -0.4 is 11.1 Å². The summed E-state index contributed by atoms with van der Waals surface area (Å²) in [6, 6.07) is 0. The molecule has 0 aliphatic carbocycles. The summed E-state index contributed by atoms with van der Waals surface area (Å²) in [5.74, 6) is -0.479. The van der Waals surface area contributed by atoms with E-state index in [1.807, 2.05) is 20.9 Å². The maximum atomic E-state index is 5.63. The summed E-state index contributed by atoms with van der Waals surface area (Å²) in [4.78, 5) is 0. The zero-order valence-electron chi connectivity index (χ0n) is 7.96. The Bertz CT molecular complexity index is 150. The first-order valence-electron chi connectivity index (χ1n) is 4.32. The number of ether oxygens (including phenoxy) is 2. The van der Waals surface area contributed by atoms with Gasteiger partial charge in [-0.05, 0) is 33.9 Å². The second-order valence-corrected chi connectivity index (χ2v) is 3.46. The molecule has 1 aliphatic rings. The van der Waals surface area contributed by atoms with Crippen molar-refractivity contribution in [3.63, 3.8) is 0 Å². The third-order valence-electron chi connectivity index (χ3n) is 1.92. The molecule has 1 fully saturated rings. The molecule has 4 nitrogen and oxygen atoms in total. The van der Waals surface area contributed by atoms with Crippen LogP contribution in [-0.4, -0.2) is 31.7 Å². The summed E-state index contributed by atoms with van der Waals surface area (Å²) in [6.07, 6.45) is 0.883. The highest BCUT2D eigenvalue weighted by Crippen LogP contribution is 2.27. The number of nitrogens with one attached hydrogen (secondary N) is 1. The lowest BCUT2D eigenvalue weighted by Gasteiger charge is -2.16. The van der Waals surface area contributed by atoms with Crippen LogP contribution in [0.2, 0.25) is 0 Å². The summed E-state index contributed by atoms with van der Waals surface area (Å²) in [5, 5.41) is 3.05. The van der Waals surface area contributed by atoms with Crippen molar-refractivity contribution in [3.8, 4) is 0 Å². The Morgan fingerprint density at radius 2 is 2.08 bits per heavy atom. The van der Waals surface area contributed by atoms with Crippen LogP contribution in [0.5, 0.6) is 0 Å². The normalized spacial score (nSPS) is 34.0. The van der Waals surface area contributed by atoms with E-state index in [0.29, 0.717) is 6.54 Å². The Morgan fingerprint density at radius 1 is 1.42 bits per heavy atom. The first kappa shape index (κ1) is 9.92. The fourth-order valence-electron chi connectivity index (χ4n) is 1.46. The van der Waals surface area contributed by atoms with Gasteiger partial charge in [-0.25, -0.2) is 0 Å². The van der Waals surface area contributed by atoms with Crippen molar-refractivity contribution in [1.82, 2.24) is 5.32 Å². The lowest BCUT2D eigenvalue weighted by molar-refractivity contribution is -0.148. The molecule has 0 bridgehead atoms. The van der Waals surface area contributed by atoms with Crippen molar-refractivity contribution in [3.05, 3.63) is 0 Å². The molecule has 0 spiro atoms. The Hall–Kier alpha value is -0.160. The third-order valence-corrected chi connectivity index (χ3v) is 1.92. The SMILES string of the molecule is CNC1OC(C)(C)OC1CCN. The van der Waals surface area contributed by atoms with Gasteiger partial charge >= 0.3 is 0 Å². The van der Waals surface area contributed by atoms with Gasteiger partial charge in [0.1, 0.15) is 12.3 Å². The van der Waals surface area contributed by atoms with Crippen LogP contribution in [0.1, 0.15) is 20.3 Å². The van der Waals surface area contributed by atoms with E-state index in [1.165, 1.54) is 0 Å². The molecule has 0 saturated carbocycles. The summed E-state index contributed by atoms with van der Waals surface area (Å²) in [6.45, 7) is 4.45. The Balaban J connectivity index is 2.50. The molecule has 12 heavy (non-hydrogen) atoms. The molecule has 2 unspecified atom stereocenters. The molecule has 0 radical (unpaired) electrons. The standard InChI is InChI=1S/C8H18N2O2/c1-8(2)11-6(4-5-9)7(10-3)12-8/h6-7,10H,4-5,9H2,1-3H3. The molecule has 0 aromatic heterocycles. The predicted octanol–water partition coefficient (Wildman–Crippen LogP) is 0.0322. The fourth-order valence-corrected chi connectivity index (χ4v) is 1.46. The molecule has 1 aliphatic heterocycles. The van der Waals surface area contributed by atoms with Gasteiger partial charge in [0.05, 0.1) is 0 Å². The average Bonchev–Trinajstić information content (AvgIpc) is 2.26. The van der Waals surface area contributed by atoms with Crippen LogP contribution in [-0.2, 0) is 9.47 Å². The first-order valence-corrected chi connectivity index (χ1v) is 4.32. The van der Waals surface area contributed by atoms with Gasteiger partial charge in [0.2, 0.25) is 0 Å². The highest BCUT2D eigenvalue weighted by atomic mass is 16.8. The van der Waals surface area contributed by atoms with Gasteiger partial charge < -0.3 is 15.2 Å². The molecule has 1 rings (SSSR count). The van der Waals surface area contributed by atoms with E-state index in [0.717, 1.165) is 6.42 Å². The molecule has 1 heterocycles. The molecule has 3 N–H and O–H groups in total. The number of rotatable bonds is 3. The smallest absolute Gasteiger partial charge is 0.165 e. The van der Waals surface area contributed by atoms with Gasteiger partial charge in [-0.2, -0.15) is 0 Å². The molecule has 4 heteroatoms. The predicted molar refractivity (Wildman–Crippen MR) is 46.6 cm³/mol. The van der Waals surface area contributed by atoms with Crippen molar-refractivity contribution >= 4 is 0 Å². The summed E-state index contributed by atoms with van der Waals surface area (Å²) in [7, 11) is 1.86. The fraction of sp³-hybridized carbons (Fsp3) is 1.00. The van der Waals surface area contributed by atoms with Gasteiger partial charge in [0.25, 0.3) is 0 Å². The van der Waals surface area contributed by atoms with Gasteiger partial charge in [-0.3, -0.25) is 5.32 Å². The monoisotopic (exact) mass is 174 g/mol. The van der Waals surface area contributed by atoms with Crippen molar-refractivity contribution in [2.45, 2.75) is 38.4 Å². The number of hydrogen-bond acceptors (Lipinski definition) is 4. The van der Waals surface area contributed by atoms with Gasteiger partial charge in [-0.15, -0.1) is 0 Å². The maximum absolute atomic E-state index is 5.63. The zero-order valence-corrected chi connectivity index (χ0v) is 7.96. The van der Waals surface area contributed by atoms with E-state index in [9.17, 15) is 0 Å².